The summed E-state index contributed by atoms with van der Waals surface area (Å²) in [6.45, 7) is 6.31. The van der Waals surface area contributed by atoms with Gasteiger partial charge in [0.05, 0.1) is 5.69 Å². The van der Waals surface area contributed by atoms with Gasteiger partial charge in [-0.05, 0) is 43.5 Å². The Kier molecular flexibility index (Phi) is 6.52. The van der Waals surface area contributed by atoms with Gasteiger partial charge >= 0.3 is 0 Å². The molecule has 138 valence electrons. The van der Waals surface area contributed by atoms with Gasteiger partial charge in [0.25, 0.3) is 11.8 Å². The molecule has 7 nitrogen and oxygen atoms in total. The Balaban J connectivity index is 2.31. The lowest BCUT2D eigenvalue weighted by Crippen LogP contribution is -2.24. The first kappa shape index (κ1) is 19.7. The zero-order valence-electron chi connectivity index (χ0n) is 15.0. The van der Waals surface area contributed by atoms with E-state index in [0.29, 0.717) is 29.9 Å². The van der Waals surface area contributed by atoms with Crippen LogP contribution in [0.2, 0.25) is 5.15 Å². The molecule has 0 aliphatic carbocycles. The fourth-order valence-corrected chi connectivity index (χ4v) is 2.66. The molecular weight excluding hydrogens is 354 g/mol. The maximum absolute atomic E-state index is 12.1. The molecule has 0 atom stereocenters. The van der Waals surface area contributed by atoms with Gasteiger partial charge in [-0.2, -0.15) is 0 Å². The van der Waals surface area contributed by atoms with Crippen molar-refractivity contribution in [2.45, 2.75) is 33.6 Å². The largest absolute Gasteiger partial charge is 0.364 e. The number of aryl methyl sites for hydroxylation is 2. The van der Waals surface area contributed by atoms with Crippen molar-refractivity contribution < 1.29 is 9.59 Å². The number of hydrogen-bond acceptors (Lipinski definition) is 5. The highest BCUT2D eigenvalue weighted by Gasteiger charge is 2.17. The van der Waals surface area contributed by atoms with E-state index in [4.69, 9.17) is 17.3 Å². The van der Waals surface area contributed by atoms with Gasteiger partial charge in [-0.3, -0.25) is 9.59 Å². The Bertz CT molecular complexity index is 839. The lowest BCUT2D eigenvalue weighted by molar-refractivity contribution is 0.0951. The molecule has 4 N–H and O–H groups in total. The molecule has 8 heteroatoms. The van der Waals surface area contributed by atoms with Crippen molar-refractivity contribution in [3.05, 3.63) is 45.9 Å². The third-order valence-electron chi connectivity index (χ3n) is 3.76. The summed E-state index contributed by atoms with van der Waals surface area (Å²) in [5, 5.41) is 6.06. The monoisotopic (exact) mass is 375 g/mol. The first-order valence-electron chi connectivity index (χ1n) is 8.39. The van der Waals surface area contributed by atoms with E-state index < -0.39 is 5.91 Å². The van der Waals surface area contributed by atoms with Crippen LogP contribution in [0.25, 0.3) is 0 Å². The number of hydrogen-bond donors (Lipinski definition) is 3. The number of nitrogens with zero attached hydrogens (tertiary/aromatic N) is 2. The Hall–Kier alpha value is -2.67. The number of nitrogens with one attached hydrogen (secondary N) is 2. The van der Waals surface area contributed by atoms with Crippen LogP contribution in [0.4, 0.5) is 11.5 Å². The summed E-state index contributed by atoms with van der Waals surface area (Å²) < 4.78 is 0. The first-order valence-corrected chi connectivity index (χ1v) is 8.77. The molecule has 1 heterocycles. The third-order valence-corrected chi connectivity index (χ3v) is 4.06. The van der Waals surface area contributed by atoms with Crippen molar-refractivity contribution in [3.8, 4) is 0 Å². The number of carbonyl (C=O) groups excluding carboxylic acids is 2. The summed E-state index contributed by atoms with van der Waals surface area (Å²) in [5.74, 6) is -0.634. The topological polar surface area (TPSA) is 110 Å². The molecule has 0 bridgehead atoms. The molecule has 0 unspecified atom stereocenters. The average molecular weight is 376 g/mol. The van der Waals surface area contributed by atoms with E-state index in [1.54, 1.807) is 18.2 Å². The van der Waals surface area contributed by atoms with Gasteiger partial charge in [-0.1, -0.05) is 25.4 Å². The lowest BCUT2D eigenvalue weighted by Gasteiger charge is -2.13. The van der Waals surface area contributed by atoms with E-state index in [1.165, 1.54) is 0 Å². The van der Waals surface area contributed by atoms with Crippen LogP contribution in [-0.4, -0.2) is 28.3 Å². The summed E-state index contributed by atoms with van der Waals surface area (Å²) >= 11 is 6.10. The number of anilines is 2. The minimum Gasteiger partial charge on any atom is -0.364 e. The van der Waals surface area contributed by atoms with E-state index in [0.717, 1.165) is 12.0 Å². The van der Waals surface area contributed by atoms with Crippen LogP contribution in [0.3, 0.4) is 0 Å². The minimum absolute atomic E-state index is 0.0219. The maximum Gasteiger partial charge on any atom is 0.271 e. The number of aromatic nitrogens is 2. The maximum atomic E-state index is 12.1. The second-order valence-corrected chi connectivity index (χ2v) is 6.14. The molecule has 0 radical (unpaired) electrons. The van der Waals surface area contributed by atoms with Gasteiger partial charge in [0.1, 0.15) is 0 Å². The van der Waals surface area contributed by atoms with E-state index in [9.17, 15) is 9.59 Å². The normalized spacial score (nSPS) is 10.5. The summed E-state index contributed by atoms with van der Waals surface area (Å²) in [6.07, 6.45) is 1.40. The second kappa shape index (κ2) is 8.62. The summed E-state index contributed by atoms with van der Waals surface area (Å²) in [5.41, 5.74) is 7.95. The number of primary amides is 1. The van der Waals surface area contributed by atoms with Crippen molar-refractivity contribution in [2.75, 3.05) is 11.9 Å². The Morgan fingerprint density at radius 3 is 2.54 bits per heavy atom. The van der Waals surface area contributed by atoms with Crippen LogP contribution in [0.5, 0.6) is 0 Å². The minimum atomic E-state index is -0.696. The molecule has 0 spiro atoms. The number of carbonyl (C=O) groups is 2. The van der Waals surface area contributed by atoms with Crippen LogP contribution in [-0.2, 0) is 6.42 Å². The predicted molar refractivity (Wildman–Crippen MR) is 102 cm³/mol. The summed E-state index contributed by atoms with van der Waals surface area (Å²) in [6, 6.07) is 5.22. The molecule has 1 aromatic heterocycles. The van der Waals surface area contributed by atoms with Crippen LogP contribution in [0.1, 0.15) is 52.4 Å². The van der Waals surface area contributed by atoms with Crippen molar-refractivity contribution in [1.29, 1.82) is 0 Å². The molecule has 0 fully saturated rings. The van der Waals surface area contributed by atoms with Gasteiger partial charge in [-0.15, -0.1) is 0 Å². The fraction of sp³-hybridized carbons (Fsp3) is 0.333. The van der Waals surface area contributed by atoms with E-state index in [-0.39, 0.29) is 22.6 Å². The molecule has 26 heavy (non-hydrogen) atoms. The van der Waals surface area contributed by atoms with Crippen LogP contribution in [0.15, 0.2) is 18.2 Å². The average Bonchev–Trinajstić information content (AvgIpc) is 2.59. The molecule has 0 saturated heterocycles. The van der Waals surface area contributed by atoms with Crippen LogP contribution in [0, 0.1) is 6.92 Å². The highest BCUT2D eigenvalue weighted by atomic mass is 35.5. The molecule has 2 rings (SSSR count). The number of halogens is 1. The molecule has 2 aromatic rings. The Morgan fingerprint density at radius 1 is 1.23 bits per heavy atom. The third kappa shape index (κ3) is 4.49. The molecule has 1 aromatic carbocycles. The van der Waals surface area contributed by atoms with Gasteiger partial charge in [0.2, 0.25) is 0 Å². The number of benzene rings is 1. The molecule has 0 aliphatic heterocycles. The highest BCUT2D eigenvalue weighted by molar-refractivity contribution is 6.30. The SMILES string of the molecule is CCCNC(=O)c1ccc(Nc2nc(Cl)c(CC)nc2C(N)=O)cc1C. The second-order valence-electron chi connectivity index (χ2n) is 5.79. The standard InChI is InChI=1S/C18H22ClN5O2/c1-4-8-21-18(26)12-7-6-11(9-10(12)3)22-17-14(16(20)25)23-13(5-2)15(19)24-17/h6-7,9H,4-5,8H2,1-3H3,(H2,20,25)(H,21,26)(H,22,24). The number of nitrogens with two attached hydrogens (primary N) is 1. The van der Waals surface area contributed by atoms with Crippen molar-refractivity contribution in [3.63, 3.8) is 0 Å². The van der Waals surface area contributed by atoms with E-state index >= 15 is 0 Å². The van der Waals surface area contributed by atoms with Gasteiger partial charge < -0.3 is 16.4 Å². The van der Waals surface area contributed by atoms with Crippen molar-refractivity contribution >= 4 is 34.9 Å². The van der Waals surface area contributed by atoms with Crippen molar-refractivity contribution in [2.24, 2.45) is 5.73 Å². The zero-order valence-corrected chi connectivity index (χ0v) is 15.8. The highest BCUT2D eigenvalue weighted by Crippen LogP contribution is 2.23. The van der Waals surface area contributed by atoms with Crippen LogP contribution < -0.4 is 16.4 Å². The number of amides is 2. The molecular formula is C18H22ClN5O2. The Morgan fingerprint density at radius 2 is 1.96 bits per heavy atom. The zero-order chi connectivity index (χ0) is 19.3. The Labute approximate surface area is 157 Å². The number of rotatable bonds is 7. The summed E-state index contributed by atoms with van der Waals surface area (Å²) in [7, 11) is 0. The quantitative estimate of drug-likeness (QED) is 0.689. The van der Waals surface area contributed by atoms with Crippen molar-refractivity contribution in [1.82, 2.24) is 15.3 Å². The van der Waals surface area contributed by atoms with Crippen LogP contribution >= 0.6 is 11.6 Å². The van der Waals surface area contributed by atoms with Gasteiger partial charge in [0.15, 0.2) is 16.7 Å². The molecule has 0 saturated carbocycles. The van der Waals surface area contributed by atoms with E-state index in [2.05, 4.69) is 20.6 Å². The smallest absolute Gasteiger partial charge is 0.271 e. The predicted octanol–water partition coefficient (Wildman–Crippen LogP) is 2.98. The molecule has 2 amide bonds. The fourth-order valence-electron chi connectivity index (χ4n) is 2.40. The van der Waals surface area contributed by atoms with Gasteiger partial charge in [0, 0.05) is 17.8 Å². The lowest BCUT2D eigenvalue weighted by atomic mass is 10.1. The van der Waals surface area contributed by atoms with Gasteiger partial charge in [-0.25, -0.2) is 9.97 Å². The first-order chi connectivity index (χ1) is 12.4. The molecule has 0 aliphatic rings. The van der Waals surface area contributed by atoms with E-state index in [1.807, 2.05) is 20.8 Å². The summed E-state index contributed by atoms with van der Waals surface area (Å²) in [4.78, 5) is 32.2.